The van der Waals surface area contributed by atoms with E-state index < -0.39 is 0 Å². The average Bonchev–Trinajstić information content (AvgIpc) is 2.29. The van der Waals surface area contributed by atoms with Crippen molar-refractivity contribution < 1.29 is 0 Å². The van der Waals surface area contributed by atoms with Crippen molar-refractivity contribution in [2.75, 3.05) is 11.5 Å². The molecule has 0 unspecified atom stereocenters. The molecule has 0 aliphatic rings. The monoisotopic (exact) mass is 162 g/mol. The van der Waals surface area contributed by atoms with Crippen LogP contribution in [0.1, 0.15) is 5.69 Å². The summed E-state index contributed by atoms with van der Waals surface area (Å²) in [5.41, 5.74) is 13.1. The van der Waals surface area contributed by atoms with Crippen molar-refractivity contribution in [3.8, 4) is 0 Å². The molecule has 0 saturated heterocycles. The van der Waals surface area contributed by atoms with Crippen LogP contribution in [0.2, 0.25) is 0 Å². The van der Waals surface area contributed by atoms with Gasteiger partial charge in [0, 0.05) is 0 Å². The van der Waals surface area contributed by atoms with Crippen LogP contribution in [0.25, 0.3) is 5.65 Å². The Morgan fingerprint density at radius 2 is 2.08 bits per heavy atom. The van der Waals surface area contributed by atoms with E-state index in [0.717, 1.165) is 11.3 Å². The zero-order valence-electron chi connectivity index (χ0n) is 6.78. The number of hydrogen-bond donors (Lipinski definition) is 2. The Balaban J connectivity index is 2.97. The van der Waals surface area contributed by atoms with E-state index in [-0.39, 0.29) is 0 Å². The number of fused-ring (bicyclic) bond motifs is 1. The molecule has 0 aliphatic carbocycles. The third kappa shape index (κ3) is 0.747. The second-order valence-electron chi connectivity index (χ2n) is 2.73. The molecular weight excluding hydrogens is 152 g/mol. The normalized spacial score (nSPS) is 10.8. The Hall–Kier alpha value is -1.71. The van der Waals surface area contributed by atoms with Gasteiger partial charge < -0.3 is 11.5 Å². The maximum Gasteiger partial charge on any atom is 0.140 e. The second kappa shape index (κ2) is 2.14. The molecule has 12 heavy (non-hydrogen) atoms. The first-order chi connectivity index (χ1) is 5.70. The zero-order valence-corrected chi connectivity index (χ0v) is 6.78. The Morgan fingerprint density at radius 3 is 2.75 bits per heavy atom. The van der Waals surface area contributed by atoms with Crippen LogP contribution >= 0.6 is 0 Å². The highest BCUT2D eigenvalue weighted by atomic mass is 15.1. The number of nitrogens with zero attached hydrogens (tertiary/aromatic N) is 2. The van der Waals surface area contributed by atoms with E-state index in [1.807, 2.05) is 19.1 Å². The van der Waals surface area contributed by atoms with Gasteiger partial charge in [0.05, 0.1) is 5.69 Å². The van der Waals surface area contributed by atoms with Crippen molar-refractivity contribution in [3.63, 3.8) is 0 Å². The molecule has 0 radical (unpaired) electrons. The number of imidazole rings is 1. The summed E-state index contributed by atoms with van der Waals surface area (Å²) in [5, 5.41) is 0. The Bertz CT molecular complexity index is 430. The highest BCUT2D eigenvalue weighted by Crippen LogP contribution is 2.17. The fourth-order valence-corrected chi connectivity index (χ4v) is 1.25. The lowest BCUT2D eigenvalue weighted by Gasteiger charge is -1.99. The maximum absolute atomic E-state index is 5.76. The zero-order chi connectivity index (χ0) is 8.72. The van der Waals surface area contributed by atoms with Crippen LogP contribution in [0, 0.1) is 6.92 Å². The standard InChI is InChI=1S/C8H10N4/c1-5-8(10)12-6(9)3-2-4-7(12)11-5/h2-4H,9-10H2,1H3. The smallest absolute Gasteiger partial charge is 0.140 e. The predicted octanol–water partition coefficient (Wildman–Crippen LogP) is 0.807. The molecule has 0 saturated carbocycles. The number of aromatic nitrogens is 2. The second-order valence-corrected chi connectivity index (χ2v) is 2.73. The molecule has 0 aliphatic heterocycles. The minimum absolute atomic E-state index is 0.614. The highest BCUT2D eigenvalue weighted by Gasteiger charge is 2.05. The van der Waals surface area contributed by atoms with E-state index in [0.29, 0.717) is 11.6 Å². The van der Waals surface area contributed by atoms with Crippen LogP contribution in [-0.4, -0.2) is 9.38 Å². The third-order valence-electron chi connectivity index (χ3n) is 1.89. The van der Waals surface area contributed by atoms with Crippen LogP contribution in [0.15, 0.2) is 18.2 Å². The van der Waals surface area contributed by atoms with Crippen molar-refractivity contribution in [2.24, 2.45) is 0 Å². The summed E-state index contributed by atoms with van der Waals surface area (Å²) in [6.07, 6.45) is 0. The van der Waals surface area contributed by atoms with Gasteiger partial charge in [-0.2, -0.15) is 0 Å². The van der Waals surface area contributed by atoms with E-state index in [9.17, 15) is 0 Å². The number of aryl methyl sites for hydroxylation is 1. The summed E-state index contributed by atoms with van der Waals surface area (Å²) in [5.74, 6) is 1.23. The molecule has 4 N–H and O–H groups in total. The number of pyridine rings is 1. The van der Waals surface area contributed by atoms with Gasteiger partial charge in [-0.05, 0) is 19.1 Å². The lowest BCUT2D eigenvalue weighted by atomic mass is 10.4. The molecule has 62 valence electrons. The third-order valence-corrected chi connectivity index (χ3v) is 1.89. The van der Waals surface area contributed by atoms with Crippen LogP contribution < -0.4 is 11.5 Å². The van der Waals surface area contributed by atoms with Crippen LogP contribution in [0.3, 0.4) is 0 Å². The summed E-state index contributed by atoms with van der Waals surface area (Å²) in [6.45, 7) is 1.86. The lowest BCUT2D eigenvalue weighted by molar-refractivity contribution is 1.21. The molecule has 0 bridgehead atoms. The van der Waals surface area contributed by atoms with Crippen molar-refractivity contribution in [2.45, 2.75) is 6.92 Å². The van der Waals surface area contributed by atoms with Gasteiger partial charge in [-0.3, -0.25) is 4.40 Å². The van der Waals surface area contributed by atoms with Crippen LogP contribution in [0.5, 0.6) is 0 Å². The van der Waals surface area contributed by atoms with E-state index >= 15 is 0 Å². The number of anilines is 2. The number of hydrogen-bond acceptors (Lipinski definition) is 3. The van der Waals surface area contributed by atoms with Crippen LogP contribution in [0.4, 0.5) is 11.6 Å². The van der Waals surface area contributed by atoms with E-state index in [1.54, 1.807) is 10.5 Å². The summed E-state index contributed by atoms with van der Waals surface area (Å²) >= 11 is 0. The predicted molar refractivity (Wildman–Crippen MR) is 48.8 cm³/mol. The molecule has 0 amide bonds. The van der Waals surface area contributed by atoms with Gasteiger partial charge in [-0.15, -0.1) is 0 Å². The minimum atomic E-state index is 0.614. The molecule has 4 nitrogen and oxygen atoms in total. The molecule has 0 spiro atoms. The first-order valence-electron chi connectivity index (χ1n) is 3.69. The molecule has 2 heterocycles. The van der Waals surface area contributed by atoms with Gasteiger partial charge in [0.2, 0.25) is 0 Å². The molecule has 0 fully saturated rings. The topological polar surface area (TPSA) is 69.3 Å². The van der Waals surface area contributed by atoms with E-state index in [2.05, 4.69) is 4.98 Å². The fraction of sp³-hybridized carbons (Fsp3) is 0.125. The van der Waals surface area contributed by atoms with Crippen molar-refractivity contribution in [1.82, 2.24) is 9.38 Å². The highest BCUT2D eigenvalue weighted by molar-refractivity contribution is 5.58. The summed E-state index contributed by atoms with van der Waals surface area (Å²) in [7, 11) is 0. The molecule has 2 aromatic rings. The molecular formula is C8H10N4. The Morgan fingerprint density at radius 1 is 1.33 bits per heavy atom. The minimum Gasteiger partial charge on any atom is -0.385 e. The van der Waals surface area contributed by atoms with Gasteiger partial charge >= 0.3 is 0 Å². The summed E-state index contributed by atoms with van der Waals surface area (Å²) in [6, 6.07) is 5.53. The van der Waals surface area contributed by atoms with Gasteiger partial charge in [0.15, 0.2) is 0 Å². The van der Waals surface area contributed by atoms with Gasteiger partial charge in [-0.25, -0.2) is 4.98 Å². The molecule has 2 rings (SSSR count). The average molecular weight is 162 g/mol. The largest absolute Gasteiger partial charge is 0.385 e. The van der Waals surface area contributed by atoms with E-state index in [4.69, 9.17) is 11.5 Å². The van der Waals surface area contributed by atoms with Crippen molar-refractivity contribution in [1.29, 1.82) is 0 Å². The van der Waals surface area contributed by atoms with Gasteiger partial charge in [-0.1, -0.05) is 6.07 Å². The van der Waals surface area contributed by atoms with Crippen molar-refractivity contribution >= 4 is 17.3 Å². The molecule has 0 aromatic carbocycles. The summed E-state index contributed by atoms with van der Waals surface area (Å²) in [4.78, 5) is 4.23. The quantitative estimate of drug-likeness (QED) is 0.602. The van der Waals surface area contributed by atoms with Gasteiger partial charge in [0.1, 0.15) is 17.3 Å². The number of nitrogen functional groups attached to an aromatic ring is 2. The molecule has 4 heteroatoms. The SMILES string of the molecule is Cc1nc2cccc(N)n2c1N. The Kier molecular flexibility index (Phi) is 1.24. The molecule has 2 aromatic heterocycles. The van der Waals surface area contributed by atoms with E-state index in [1.165, 1.54) is 0 Å². The number of rotatable bonds is 0. The van der Waals surface area contributed by atoms with Gasteiger partial charge in [0.25, 0.3) is 0 Å². The van der Waals surface area contributed by atoms with Crippen molar-refractivity contribution in [3.05, 3.63) is 23.9 Å². The Labute approximate surface area is 69.8 Å². The molecule has 0 atom stereocenters. The van der Waals surface area contributed by atoms with Crippen LogP contribution in [-0.2, 0) is 0 Å². The first kappa shape index (κ1) is 6.97. The lowest BCUT2D eigenvalue weighted by Crippen LogP contribution is -2.00. The maximum atomic E-state index is 5.76. The number of nitrogens with two attached hydrogens (primary N) is 2. The fourth-order valence-electron chi connectivity index (χ4n) is 1.25. The first-order valence-corrected chi connectivity index (χ1v) is 3.69. The summed E-state index contributed by atoms with van der Waals surface area (Å²) < 4.78 is 1.73.